The number of unbranched alkanes of at least 4 members (excludes halogenated alkanes) is 1. The lowest BCUT2D eigenvalue weighted by Crippen LogP contribution is -2.41. The first kappa shape index (κ1) is 26.2. The van der Waals surface area contributed by atoms with Crippen LogP contribution in [-0.2, 0) is 17.5 Å². The summed E-state index contributed by atoms with van der Waals surface area (Å²) in [5.74, 6) is 0.334. The molecule has 10 heteroatoms. The second-order valence-corrected chi connectivity index (χ2v) is 8.13. The number of hydrogen-bond acceptors (Lipinski definition) is 4. The van der Waals surface area contributed by atoms with Crippen molar-refractivity contribution in [1.82, 2.24) is 14.5 Å². The van der Waals surface area contributed by atoms with Crippen molar-refractivity contribution in [2.45, 2.75) is 45.5 Å². The standard InChI is InChI=1S/C25H29F3N4O3/c1-4-5-14-31(24(34)30-21-13-9-7-11-19(21)25(26,27)28)17(2)22-29-20-12-8-6-10-18(20)23(33)32(22)15-16-35-3/h6-13,17H,4-5,14-16H2,1-3H3,(H,30,34). The second-order valence-electron chi connectivity index (χ2n) is 8.13. The van der Waals surface area contributed by atoms with Gasteiger partial charge in [-0.2, -0.15) is 13.2 Å². The monoisotopic (exact) mass is 490 g/mol. The van der Waals surface area contributed by atoms with Crippen molar-refractivity contribution in [3.05, 3.63) is 70.3 Å². The van der Waals surface area contributed by atoms with Gasteiger partial charge in [0.1, 0.15) is 5.82 Å². The predicted octanol–water partition coefficient (Wildman–Crippen LogP) is 5.46. The fourth-order valence-electron chi connectivity index (χ4n) is 3.87. The molecule has 2 amide bonds. The Morgan fingerprint density at radius 3 is 2.54 bits per heavy atom. The van der Waals surface area contributed by atoms with Crippen molar-refractivity contribution >= 4 is 22.6 Å². The third-order valence-corrected chi connectivity index (χ3v) is 5.74. The normalized spacial score (nSPS) is 12.5. The van der Waals surface area contributed by atoms with E-state index in [-0.39, 0.29) is 30.9 Å². The van der Waals surface area contributed by atoms with Crippen LogP contribution in [0.15, 0.2) is 53.3 Å². The fraction of sp³-hybridized carbons (Fsp3) is 0.400. The number of alkyl halides is 3. The molecular weight excluding hydrogens is 461 g/mol. The van der Waals surface area contributed by atoms with Gasteiger partial charge in [0, 0.05) is 13.7 Å². The number of rotatable bonds is 9. The minimum atomic E-state index is -4.62. The number of anilines is 1. The van der Waals surface area contributed by atoms with Crippen LogP contribution in [0.3, 0.4) is 0 Å². The van der Waals surface area contributed by atoms with Crippen LogP contribution in [0.25, 0.3) is 10.9 Å². The Morgan fingerprint density at radius 2 is 1.86 bits per heavy atom. The third-order valence-electron chi connectivity index (χ3n) is 5.74. The van der Waals surface area contributed by atoms with Gasteiger partial charge in [0.2, 0.25) is 0 Å². The van der Waals surface area contributed by atoms with Gasteiger partial charge in [-0.1, -0.05) is 37.6 Å². The van der Waals surface area contributed by atoms with Crippen molar-refractivity contribution in [3.63, 3.8) is 0 Å². The van der Waals surface area contributed by atoms with E-state index in [1.807, 2.05) is 6.92 Å². The van der Waals surface area contributed by atoms with Gasteiger partial charge in [0.05, 0.1) is 41.3 Å². The summed E-state index contributed by atoms with van der Waals surface area (Å²) in [5, 5.41) is 2.85. The minimum Gasteiger partial charge on any atom is -0.383 e. The van der Waals surface area contributed by atoms with Crippen molar-refractivity contribution in [2.24, 2.45) is 0 Å². The summed E-state index contributed by atoms with van der Waals surface area (Å²) in [6.45, 7) is 4.39. The molecule has 1 N–H and O–H groups in total. The van der Waals surface area contributed by atoms with Crippen LogP contribution >= 0.6 is 0 Å². The van der Waals surface area contributed by atoms with Crippen molar-refractivity contribution in [1.29, 1.82) is 0 Å². The lowest BCUT2D eigenvalue weighted by atomic mass is 10.1. The second kappa shape index (κ2) is 11.4. The molecule has 0 aliphatic rings. The average Bonchev–Trinajstić information content (AvgIpc) is 2.83. The average molecular weight is 491 g/mol. The van der Waals surface area contributed by atoms with Gasteiger partial charge in [0.25, 0.3) is 5.56 Å². The highest BCUT2D eigenvalue weighted by molar-refractivity contribution is 5.90. The summed E-state index contributed by atoms with van der Waals surface area (Å²) in [6.07, 6.45) is -3.24. The number of nitrogens with zero attached hydrogens (tertiary/aromatic N) is 3. The van der Waals surface area contributed by atoms with E-state index in [9.17, 15) is 22.8 Å². The first-order valence-corrected chi connectivity index (χ1v) is 11.4. The van der Waals surface area contributed by atoms with Crippen LogP contribution in [0.4, 0.5) is 23.7 Å². The van der Waals surface area contributed by atoms with Crippen LogP contribution in [-0.4, -0.2) is 40.7 Å². The number of amides is 2. The molecule has 0 saturated carbocycles. The summed E-state index contributed by atoms with van der Waals surface area (Å²) >= 11 is 0. The number of ether oxygens (including phenoxy) is 1. The third kappa shape index (κ3) is 6.00. The van der Waals surface area contributed by atoms with Crippen LogP contribution in [0.1, 0.15) is 44.1 Å². The SMILES string of the molecule is CCCCN(C(=O)Nc1ccccc1C(F)(F)F)C(C)c1nc2ccccc2c(=O)n1CCOC. The van der Waals surface area contributed by atoms with Crippen LogP contribution in [0.2, 0.25) is 0 Å². The molecule has 3 aromatic rings. The zero-order valence-electron chi connectivity index (χ0n) is 19.9. The number of urea groups is 1. The summed E-state index contributed by atoms with van der Waals surface area (Å²) in [4.78, 5) is 32.6. The highest BCUT2D eigenvalue weighted by atomic mass is 19.4. The van der Waals surface area contributed by atoms with Gasteiger partial charge in [-0.25, -0.2) is 9.78 Å². The number of benzene rings is 2. The van der Waals surface area contributed by atoms with E-state index in [0.717, 1.165) is 12.5 Å². The lowest BCUT2D eigenvalue weighted by Gasteiger charge is -2.31. The van der Waals surface area contributed by atoms with Gasteiger partial charge >= 0.3 is 12.2 Å². The number of hydrogen-bond donors (Lipinski definition) is 1. The molecule has 3 rings (SSSR count). The molecule has 35 heavy (non-hydrogen) atoms. The molecule has 188 valence electrons. The van der Waals surface area contributed by atoms with E-state index in [0.29, 0.717) is 23.1 Å². The molecule has 0 aliphatic carbocycles. The Balaban J connectivity index is 2.04. The molecule has 0 aliphatic heterocycles. The molecule has 0 saturated heterocycles. The van der Waals surface area contributed by atoms with E-state index in [1.54, 1.807) is 31.2 Å². The number of fused-ring (bicyclic) bond motifs is 1. The van der Waals surface area contributed by atoms with Gasteiger partial charge in [-0.15, -0.1) is 0 Å². The molecule has 1 aromatic heterocycles. The van der Waals surface area contributed by atoms with Gasteiger partial charge < -0.3 is 15.0 Å². The van der Waals surface area contributed by atoms with E-state index >= 15 is 0 Å². The molecule has 0 radical (unpaired) electrons. The zero-order valence-corrected chi connectivity index (χ0v) is 19.9. The van der Waals surface area contributed by atoms with Crippen LogP contribution < -0.4 is 10.9 Å². The maximum atomic E-state index is 13.5. The molecule has 1 heterocycles. The molecule has 2 aromatic carbocycles. The number of methoxy groups -OCH3 is 1. The maximum Gasteiger partial charge on any atom is 0.418 e. The first-order chi connectivity index (χ1) is 16.7. The fourth-order valence-corrected chi connectivity index (χ4v) is 3.87. The van der Waals surface area contributed by atoms with Gasteiger partial charge in [-0.05, 0) is 37.6 Å². The van der Waals surface area contributed by atoms with E-state index < -0.39 is 23.8 Å². The number of carbonyl (C=O) groups is 1. The summed E-state index contributed by atoms with van der Waals surface area (Å²) in [7, 11) is 1.52. The molecule has 0 bridgehead atoms. The highest BCUT2D eigenvalue weighted by Gasteiger charge is 2.34. The number of para-hydroxylation sites is 2. The Bertz CT molecular complexity index is 1230. The Labute approximate surface area is 201 Å². The molecule has 0 fully saturated rings. The predicted molar refractivity (Wildman–Crippen MR) is 128 cm³/mol. The van der Waals surface area contributed by atoms with Crippen molar-refractivity contribution < 1.29 is 22.7 Å². The maximum absolute atomic E-state index is 13.5. The lowest BCUT2D eigenvalue weighted by molar-refractivity contribution is -0.136. The van der Waals surface area contributed by atoms with E-state index in [2.05, 4.69) is 10.3 Å². The first-order valence-electron chi connectivity index (χ1n) is 11.4. The molecule has 1 unspecified atom stereocenters. The topological polar surface area (TPSA) is 76.5 Å². The summed E-state index contributed by atoms with van der Waals surface area (Å²) in [6, 6.07) is 10.3. The van der Waals surface area contributed by atoms with Gasteiger partial charge in [-0.3, -0.25) is 9.36 Å². The van der Waals surface area contributed by atoms with Crippen LogP contribution in [0.5, 0.6) is 0 Å². The smallest absolute Gasteiger partial charge is 0.383 e. The summed E-state index contributed by atoms with van der Waals surface area (Å²) < 4.78 is 47.0. The Kier molecular flexibility index (Phi) is 8.50. The number of carbonyl (C=O) groups excluding carboxylic acids is 1. The summed E-state index contributed by atoms with van der Waals surface area (Å²) in [5.41, 5.74) is -1.06. The molecule has 7 nitrogen and oxygen atoms in total. The number of aromatic nitrogens is 2. The van der Waals surface area contributed by atoms with Crippen molar-refractivity contribution in [2.75, 3.05) is 25.6 Å². The number of nitrogens with one attached hydrogen (secondary N) is 1. The zero-order chi connectivity index (χ0) is 25.6. The highest BCUT2D eigenvalue weighted by Crippen LogP contribution is 2.35. The van der Waals surface area contributed by atoms with E-state index in [4.69, 9.17) is 4.74 Å². The quantitative estimate of drug-likeness (QED) is 0.432. The van der Waals surface area contributed by atoms with Gasteiger partial charge in [0.15, 0.2) is 0 Å². The Hall–Kier alpha value is -3.40. The van der Waals surface area contributed by atoms with Crippen molar-refractivity contribution in [3.8, 4) is 0 Å². The minimum absolute atomic E-state index is 0.215. The molecule has 0 spiro atoms. The van der Waals surface area contributed by atoms with Crippen LogP contribution in [0, 0.1) is 0 Å². The largest absolute Gasteiger partial charge is 0.418 e. The molecule has 1 atom stereocenters. The molecular formula is C25H29F3N4O3. The number of halogens is 3. The Morgan fingerprint density at radius 1 is 1.17 bits per heavy atom. The van der Waals surface area contributed by atoms with E-state index in [1.165, 1.54) is 34.8 Å².